The van der Waals surface area contributed by atoms with Gasteiger partial charge in [-0.15, -0.1) is 0 Å². The predicted octanol–water partition coefficient (Wildman–Crippen LogP) is 1.15. The molecule has 0 spiro atoms. The van der Waals surface area contributed by atoms with Crippen LogP contribution in [0.4, 0.5) is 0 Å². The molecule has 2 unspecified atom stereocenters. The first-order valence-corrected chi connectivity index (χ1v) is 9.61. The molecule has 1 rings (SSSR count). The van der Waals surface area contributed by atoms with Crippen LogP contribution in [0.5, 0.6) is 0 Å². The van der Waals surface area contributed by atoms with Crippen molar-refractivity contribution in [1.82, 2.24) is 0 Å². The second kappa shape index (κ2) is 12.0. The summed E-state index contributed by atoms with van der Waals surface area (Å²) in [5.74, 6) is 0. The summed E-state index contributed by atoms with van der Waals surface area (Å²) in [6.07, 6.45) is -2.98. The van der Waals surface area contributed by atoms with Crippen molar-refractivity contribution >= 4 is 46.4 Å². The Balaban J connectivity index is 3.64. The van der Waals surface area contributed by atoms with E-state index in [0.717, 1.165) is 0 Å². The number of benzene rings is 1. The van der Waals surface area contributed by atoms with E-state index in [4.69, 9.17) is 66.1 Å². The normalized spacial score (nSPS) is 14.4. The summed E-state index contributed by atoms with van der Waals surface area (Å²) in [6, 6.07) is 0. The summed E-state index contributed by atoms with van der Waals surface area (Å²) in [4.78, 5) is 0. The van der Waals surface area contributed by atoms with E-state index in [-0.39, 0.29) is 66.4 Å². The minimum Gasteiger partial charge on any atom is -0.394 e. The van der Waals surface area contributed by atoms with Crippen LogP contribution < -0.4 is 0 Å². The molecule has 0 aliphatic rings. The van der Waals surface area contributed by atoms with Crippen molar-refractivity contribution in [3.63, 3.8) is 0 Å². The fraction of sp³-hybridized carbons (Fsp3) is 0.625. The van der Waals surface area contributed by atoms with Crippen molar-refractivity contribution in [2.45, 2.75) is 23.3 Å². The van der Waals surface area contributed by atoms with E-state index in [0.29, 0.717) is 0 Å². The Hall–Kier alpha value is 0.0600. The third-order valence-electron chi connectivity index (χ3n) is 3.71. The highest BCUT2D eigenvalue weighted by atomic mass is 35.5. The van der Waals surface area contributed by atoms with Gasteiger partial charge in [-0.2, -0.15) is 0 Å². The zero-order valence-electron chi connectivity index (χ0n) is 14.6. The van der Waals surface area contributed by atoms with Gasteiger partial charge in [0.05, 0.1) is 56.3 Å². The Kier molecular flexibility index (Phi) is 11.2. The van der Waals surface area contributed by atoms with Crippen LogP contribution in [0.15, 0.2) is 0 Å². The summed E-state index contributed by atoms with van der Waals surface area (Å²) in [7, 11) is 0. The van der Waals surface area contributed by atoms with Gasteiger partial charge in [-0.05, 0) is 11.1 Å². The Labute approximate surface area is 181 Å². The van der Waals surface area contributed by atoms with E-state index in [1.807, 2.05) is 0 Å². The van der Waals surface area contributed by atoms with Gasteiger partial charge in [-0.25, -0.2) is 0 Å². The fourth-order valence-electron chi connectivity index (χ4n) is 2.64. The highest BCUT2D eigenvalue weighted by Crippen LogP contribution is 2.48. The first-order chi connectivity index (χ1) is 13.1. The number of hydrogen-bond acceptors (Lipinski definition) is 8. The molecule has 6 N–H and O–H groups in total. The Bertz CT molecular complexity index is 638. The van der Waals surface area contributed by atoms with Gasteiger partial charge in [0.15, 0.2) is 0 Å². The summed E-state index contributed by atoms with van der Waals surface area (Å²) < 4.78 is 7.58. The molecule has 0 heterocycles. The summed E-state index contributed by atoms with van der Waals surface area (Å²) in [5, 5.41) is 58.2. The van der Waals surface area contributed by atoms with Gasteiger partial charge < -0.3 is 40.1 Å². The molecule has 0 radical (unpaired) electrons. The Morgan fingerprint density at radius 1 is 0.821 bits per heavy atom. The average molecular weight is 484 g/mol. The number of alkyl halides is 2. The minimum atomic E-state index is -2.61. The van der Waals surface area contributed by atoms with Crippen LogP contribution >= 0.6 is 46.4 Å². The quantitative estimate of drug-likeness (QED) is 0.192. The average Bonchev–Trinajstić information content (AvgIpc) is 2.62. The van der Waals surface area contributed by atoms with E-state index in [9.17, 15) is 20.4 Å². The van der Waals surface area contributed by atoms with Gasteiger partial charge >= 0.3 is 0 Å². The van der Waals surface area contributed by atoms with Crippen LogP contribution in [0.25, 0.3) is 0 Å². The van der Waals surface area contributed by atoms with E-state index in [2.05, 4.69) is 0 Å². The van der Waals surface area contributed by atoms with Crippen LogP contribution in [0.2, 0.25) is 10.0 Å². The van der Waals surface area contributed by atoms with Crippen LogP contribution in [-0.4, -0.2) is 70.3 Å². The number of aliphatic hydroxyl groups is 6. The van der Waals surface area contributed by atoms with Crippen molar-refractivity contribution in [2.24, 2.45) is 0 Å². The largest absolute Gasteiger partial charge is 0.394 e. The van der Waals surface area contributed by atoms with Crippen molar-refractivity contribution in [2.75, 3.05) is 39.6 Å². The Morgan fingerprint density at radius 3 is 1.68 bits per heavy atom. The molecular weight excluding hydrogens is 462 g/mol. The zero-order chi connectivity index (χ0) is 21.5. The number of halogens is 4. The van der Waals surface area contributed by atoms with Gasteiger partial charge in [-0.3, -0.25) is 0 Å². The van der Waals surface area contributed by atoms with Crippen LogP contribution in [0, 0.1) is 0 Å². The van der Waals surface area contributed by atoms with E-state index < -0.39 is 28.9 Å². The summed E-state index contributed by atoms with van der Waals surface area (Å²) in [6.45, 7) is -2.16. The third kappa shape index (κ3) is 6.53. The summed E-state index contributed by atoms with van der Waals surface area (Å²) in [5.41, 5.74) is -0.742. The second-order valence-electron chi connectivity index (χ2n) is 5.64. The predicted molar refractivity (Wildman–Crippen MR) is 104 cm³/mol. The number of hydrogen-bond donors (Lipinski definition) is 6. The molecule has 0 aliphatic heterocycles. The smallest absolute Gasteiger partial charge is 0.243 e. The van der Waals surface area contributed by atoms with E-state index in [1.165, 1.54) is 0 Å². The first-order valence-electron chi connectivity index (χ1n) is 8.10. The molecule has 0 fully saturated rings. The van der Waals surface area contributed by atoms with Gasteiger partial charge in [0, 0.05) is 11.1 Å². The summed E-state index contributed by atoms with van der Waals surface area (Å²) >= 11 is 24.0. The van der Waals surface area contributed by atoms with Gasteiger partial charge in [0.2, 0.25) is 4.52 Å². The molecule has 1 aromatic carbocycles. The molecule has 2 atom stereocenters. The molecular formula is C16H22Cl4O8. The zero-order valence-corrected chi connectivity index (χ0v) is 17.6. The fourth-order valence-corrected chi connectivity index (χ4v) is 3.73. The lowest BCUT2D eigenvalue weighted by Gasteiger charge is -2.29. The molecule has 12 heteroatoms. The molecule has 8 nitrogen and oxygen atoms in total. The van der Waals surface area contributed by atoms with Gasteiger partial charge in [0.1, 0.15) is 12.2 Å². The monoisotopic (exact) mass is 482 g/mol. The van der Waals surface area contributed by atoms with E-state index in [1.54, 1.807) is 0 Å². The van der Waals surface area contributed by atoms with Crippen molar-refractivity contribution in [3.8, 4) is 0 Å². The third-order valence-corrected chi connectivity index (χ3v) is 4.98. The molecule has 162 valence electrons. The molecule has 0 aromatic heterocycles. The topological polar surface area (TPSA) is 140 Å². The maximum atomic E-state index is 10.6. The SMILES string of the molecule is OCCOCC(O)c1c(CO)c(Cl)c(Cl)c(C(O)(Cl)Cl)c1C(O)COCCO. The van der Waals surface area contributed by atoms with Gasteiger partial charge in [0.25, 0.3) is 0 Å². The number of aliphatic hydroxyl groups excluding tert-OH is 5. The van der Waals surface area contributed by atoms with E-state index >= 15 is 0 Å². The van der Waals surface area contributed by atoms with Crippen molar-refractivity contribution < 1.29 is 40.1 Å². The lowest BCUT2D eigenvalue weighted by Crippen LogP contribution is -2.24. The molecule has 0 saturated heterocycles. The minimum absolute atomic E-state index is 0.0377. The first kappa shape index (κ1) is 26.1. The Morgan fingerprint density at radius 2 is 1.29 bits per heavy atom. The van der Waals surface area contributed by atoms with Crippen molar-refractivity contribution in [3.05, 3.63) is 32.3 Å². The lowest BCUT2D eigenvalue weighted by atomic mass is 9.89. The molecule has 0 bridgehead atoms. The van der Waals surface area contributed by atoms with Gasteiger partial charge in [-0.1, -0.05) is 46.4 Å². The molecule has 0 saturated carbocycles. The van der Waals surface area contributed by atoms with Crippen molar-refractivity contribution in [1.29, 1.82) is 0 Å². The maximum absolute atomic E-state index is 10.6. The van der Waals surface area contributed by atoms with Crippen LogP contribution in [0.3, 0.4) is 0 Å². The second-order valence-corrected chi connectivity index (χ2v) is 7.68. The lowest BCUT2D eigenvalue weighted by molar-refractivity contribution is 0.00851. The highest BCUT2D eigenvalue weighted by Gasteiger charge is 2.38. The molecule has 0 aliphatic carbocycles. The highest BCUT2D eigenvalue weighted by molar-refractivity contribution is 6.49. The maximum Gasteiger partial charge on any atom is 0.243 e. The number of rotatable bonds is 12. The number of ether oxygens (including phenoxy) is 2. The molecule has 28 heavy (non-hydrogen) atoms. The molecule has 1 aromatic rings. The standard InChI is InChI=1S/C16H22Cl4O8/c17-14-8(5-23)11(9(24)6-27-3-1-21)12(10(25)7-28-4-2-22)13(15(14)18)16(19,20)26/h9-10,21-26H,1-7H2. The van der Waals surface area contributed by atoms with Crippen LogP contribution in [0.1, 0.15) is 34.5 Å². The van der Waals surface area contributed by atoms with Crippen LogP contribution in [-0.2, 0) is 20.6 Å². The molecule has 0 amide bonds.